The van der Waals surface area contributed by atoms with Gasteiger partial charge in [-0.15, -0.1) is 0 Å². The highest BCUT2D eigenvalue weighted by atomic mass is 35.5. The van der Waals surface area contributed by atoms with E-state index in [1.807, 2.05) is 31.3 Å². The average Bonchev–Trinajstić information content (AvgIpc) is 2.34. The topological polar surface area (TPSA) is 42.2 Å². The van der Waals surface area contributed by atoms with Crippen LogP contribution >= 0.6 is 23.2 Å². The number of rotatable bonds is 4. The predicted molar refractivity (Wildman–Crippen MR) is 80.3 cm³/mol. The second-order valence-electron chi connectivity index (χ2n) is 4.47. The van der Waals surface area contributed by atoms with Crippen molar-refractivity contribution < 1.29 is 0 Å². The third kappa shape index (κ3) is 4.10. The van der Waals surface area contributed by atoms with Crippen molar-refractivity contribution in [3.05, 3.63) is 57.7 Å². The molecule has 0 unspecified atom stereocenters. The summed E-state index contributed by atoms with van der Waals surface area (Å²) in [5.74, 6) is 0.482. The maximum atomic E-state index is 6.10. The molecule has 2 rings (SSSR count). The van der Waals surface area contributed by atoms with Crippen LogP contribution in [-0.4, -0.2) is 16.9 Å². The normalized spacial score (nSPS) is 10.9. The lowest BCUT2D eigenvalue weighted by molar-refractivity contribution is 0.315. The Morgan fingerprint density at radius 1 is 1.16 bits per heavy atom. The van der Waals surface area contributed by atoms with Crippen LogP contribution in [0.4, 0.5) is 5.82 Å². The molecule has 0 spiro atoms. The summed E-state index contributed by atoms with van der Waals surface area (Å²) in [7, 11) is 2.00. The van der Waals surface area contributed by atoms with Gasteiger partial charge >= 0.3 is 0 Å². The van der Waals surface area contributed by atoms with E-state index in [0.717, 1.165) is 22.8 Å². The van der Waals surface area contributed by atoms with Crippen molar-refractivity contribution in [2.45, 2.75) is 13.1 Å². The Labute approximate surface area is 123 Å². The van der Waals surface area contributed by atoms with Crippen LogP contribution in [0.5, 0.6) is 0 Å². The van der Waals surface area contributed by atoms with E-state index in [1.165, 1.54) is 0 Å². The summed E-state index contributed by atoms with van der Waals surface area (Å²) in [6.45, 7) is 1.41. The molecule has 0 fully saturated rings. The molecule has 1 aromatic heterocycles. The van der Waals surface area contributed by atoms with Crippen LogP contribution in [-0.2, 0) is 13.1 Å². The van der Waals surface area contributed by atoms with Crippen molar-refractivity contribution in [1.82, 2.24) is 9.88 Å². The standard InChI is InChI=1S/C14H15Cl2N3/c1-19(8-10-3-2-4-11(15)7-10)9-13-12(16)5-6-14(17)18-13/h2-7H,8-9H2,1H3,(H2,17,18). The Kier molecular flexibility index (Phi) is 4.64. The van der Waals surface area contributed by atoms with Crippen molar-refractivity contribution in [2.75, 3.05) is 12.8 Å². The Hall–Kier alpha value is -1.29. The third-order valence-electron chi connectivity index (χ3n) is 2.70. The molecule has 0 aliphatic heterocycles. The minimum absolute atomic E-state index is 0.482. The molecule has 0 aliphatic carbocycles. The van der Waals surface area contributed by atoms with Gasteiger partial charge in [0.05, 0.1) is 10.7 Å². The van der Waals surface area contributed by atoms with Gasteiger partial charge in [0.2, 0.25) is 0 Å². The van der Waals surface area contributed by atoms with Gasteiger partial charge in [0, 0.05) is 18.1 Å². The summed E-state index contributed by atoms with van der Waals surface area (Å²) in [6, 6.07) is 11.3. The fourth-order valence-corrected chi connectivity index (χ4v) is 2.25. The van der Waals surface area contributed by atoms with Crippen molar-refractivity contribution in [3.63, 3.8) is 0 Å². The number of nitrogens with zero attached hydrogens (tertiary/aromatic N) is 2. The fraction of sp³-hybridized carbons (Fsp3) is 0.214. The van der Waals surface area contributed by atoms with E-state index < -0.39 is 0 Å². The van der Waals surface area contributed by atoms with Crippen LogP contribution in [0.15, 0.2) is 36.4 Å². The van der Waals surface area contributed by atoms with Gasteiger partial charge in [-0.25, -0.2) is 4.98 Å². The van der Waals surface area contributed by atoms with Gasteiger partial charge in [-0.2, -0.15) is 0 Å². The number of aromatic nitrogens is 1. The number of nitrogen functional groups attached to an aromatic ring is 1. The lowest BCUT2D eigenvalue weighted by Gasteiger charge is -2.17. The SMILES string of the molecule is CN(Cc1cccc(Cl)c1)Cc1nc(N)ccc1Cl. The van der Waals surface area contributed by atoms with E-state index in [0.29, 0.717) is 17.4 Å². The first-order valence-corrected chi connectivity index (χ1v) is 6.64. The van der Waals surface area contributed by atoms with E-state index in [2.05, 4.69) is 9.88 Å². The summed E-state index contributed by atoms with van der Waals surface area (Å²) in [5.41, 5.74) is 7.60. The molecule has 1 heterocycles. The average molecular weight is 296 g/mol. The number of hydrogen-bond donors (Lipinski definition) is 1. The van der Waals surface area contributed by atoms with Gasteiger partial charge in [0.1, 0.15) is 5.82 Å². The summed E-state index contributed by atoms with van der Waals surface area (Å²) in [6.07, 6.45) is 0. The summed E-state index contributed by atoms with van der Waals surface area (Å²) >= 11 is 12.1. The largest absolute Gasteiger partial charge is 0.384 e. The van der Waals surface area contributed by atoms with Gasteiger partial charge < -0.3 is 5.73 Å². The Morgan fingerprint density at radius 3 is 2.68 bits per heavy atom. The minimum atomic E-state index is 0.482. The summed E-state index contributed by atoms with van der Waals surface area (Å²) < 4.78 is 0. The minimum Gasteiger partial charge on any atom is -0.384 e. The monoisotopic (exact) mass is 295 g/mol. The highest BCUT2D eigenvalue weighted by molar-refractivity contribution is 6.31. The second kappa shape index (κ2) is 6.24. The Balaban J connectivity index is 2.05. The smallest absolute Gasteiger partial charge is 0.123 e. The third-order valence-corrected chi connectivity index (χ3v) is 3.28. The van der Waals surface area contributed by atoms with Crippen LogP contribution < -0.4 is 5.73 Å². The van der Waals surface area contributed by atoms with Gasteiger partial charge in [-0.1, -0.05) is 35.3 Å². The first kappa shape index (κ1) is 14.1. The zero-order valence-electron chi connectivity index (χ0n) is 10.6. The molecule has 0 radical (unpaired) electrons. The molecule has 2 N–H and O–H groups in total. The summed E-state index contributed by atoms with van der Waals surface area (Å²) in [5, 5.41) is 1.37. The van der Waals surface area contributed by atoms with Gasteiger partial charge in [-0.3, -0.25) is 4.90 Å². The highest BCUT2D eigenvalue weighted by Crippen LogP contribution is 2.18. The molecule has 0 aliphatic rings. The van der Waals surface area contributed by atoms with E-state index in [-0.39, 0.29) is 0 Å². The molecule has 0 amide bonds. The van der Waals surface area contributed by atoms with Crippen molar-refractivity contribution in [2.24, 2.45) is 0 Å². The lowest BCUT2D eigenvalue weighted by Crippen LogP contribution is -2.18. The maximum Gasteiger partial charge on any atom is 0.123 e. The van der Waals surface area contributed by atoms with E-state index >= 15 is 0 Å². The lowest BCUT2D eigenvalue weighted by atomic mass is 10.2. The Bertz CT molecular complexity index is 572. The quantitative estimate of drug-likeness (QED) is 0.937. The maximum absolute atomic E-state index is 6.10. The fourth-order valence-electron chi connectivity index (χ4n) is 1.87. The zero-order chi connectivity index (χ0) is 13.8. The molecule has 0 atom stereocenters. The number of pyridine rings is 1. The number of benzene rings is 1. The molecular weight excluding hydrogens is 281 g/mol. The molecule has 2 aromatic rings. The first-order chi connectivity index (χ1) is 9.04. The van der Waals surface area contributed by atoms with Crippen LogP contribution in [0.1, 0.15) is 11.3 Å². The molecule has 0 bridgehead atoms. The van der Waals surface area contributed by atoms with Gasteiger partial charge in [0.25, 0.3) is 0 Å². The molecule has 0 saturated carbocycles. The predicted octanol–water partition coefficient (Wildman–Crippen LogP) is 3.60. The molecule has 19 heavy (non-hydrogen) atoms. The molecule has 3 nitrogen and oxygen atoms in total. The molecular formula is C14H15Cl2N3. The summed E-state index contributed by atoms with van der Waals surface area (Å²) in [4.78, 5) is 6.36. The van der Waals surface area contributed by atoms with Crippen molar-refractivity contribution in [1.29, 1.82) is 0 Å². The first-order valence-electron chi connectivity index (χ1n) is 5.88. The number of anilines is 1. The number of nitrogens with two attached hydrogens (primary N) is 1. The van der Waals surface area contributed by atoms with Crippen molar-refractivity contribution in [3.8, 4) is 0 Å². The molecule has 100 valence electrons. The van der Waals surface area contributed by atoms with Crippen LogP contribution in [0.2, 0.25) is 10.0 Å². The second-order valence-corrected chi connectivity index (χ2v) is 5.31. The van der Waals surface area contributed by atoms with E-state index in [4.69, 9.17) is 28.9 Å². The molecule has 0 saturated heterocycles. The van der Waals surface area contributed by atoms with E-state index in [1.54, 1.807) is 12.1 Å². The molecule has 5 heteroatoms. The molecule has 1 aromatic carbocycles. The number of halogens is 2. The van der Waals surface area contributed by atoms with Gasteiger partial charge in [0.15, 0.2) is 0 Å². The number of hydrogen-bond acceptors (Lipinski definition) is 3. The Morgan fingerprint density at radius 2 is 1.95 bits per heavy atom. The van der Waals surface area contributed by atoms with Gasteiger partial charge in [-0.05, 0) is 36.9 Å². The van der Waals surface area contributed by atoms with Crippen LogP contribution in [0.3, 0.4) is 0 Å². The van der Waals surface area contributed by atoms with Crippen LogP contribution in [0.25, 0.3) is 0 Å². The highest BCUT2D eigenvalue weighted by Gasteiger charge is 2.07. The van der Waals surface area contributed by atoms with Crippen molar-refractivity contribution >= 4 is 29.0 Å². The zero-order valence-corrected chi connectivity index (χ0v) is 12.1. The van der Waals surface area contributed by atoms with E-state index in [9.17, 15) is 0 Å². The van der Waals surface area contributed by atoms with Crippen LogP contribution in [0, 0.1) is 0 Å².